The highest BCUT2D eigenvalue weighted by Gasteiger charge is 2.19. The summed E-state index contributed by atoms with van der Waals surface area (Å²) in [4.78, 5) is 12.7. The Morgan fingerprint density at radius 3 is 2.93 bits per heavy atom. The van der Waals surface area contributed by atoms with Crippen molar-refractivity contribution in [3.8, 4) is 11.8 Å². The number of carbonyl (C=O) groups excluding carboxylic acids is 1. The largest absolute Gasteiger partial charge is 0.371 e. The van der Waals surface area contributed by atoms with Gasteiger partial charge in [0.15, 0.2) is 5.78 Å². The van der Waals surface area contributed by atoms with Crippen molar-refractivity contribution >= 4 is 17.4 Å². The standard InChI is InChI=1S/C22H18ClFN4O2/c23-18-7-14(1-3-17(18)22-12-26-5-6-30-22)9-21(29)16-11-27-28(13-16)20-4-2-15(10-25)8-19(20)24/h1-4,7-8,11,13,22,26H,5-6,9,12H2/t22-/m1/s1. The van der Waals surface area contributed by atoms with Crippen molar-refractivity contribution in [2.24, 2.45) is 0 Å². The first-order valence-electron chi connectivity index (χ1n) is 9.43. The molecule has 2 heterocycles. The molecule has 30 heavy (non-hydrogen) atoms. The molecule has 0 unspecified atom stereocenters. The van der Waals surface area contributed by atoms with Gasteiger partial charge in [-0.15, -0.1) is 0 Å². The van der Waals surface area contributed by atoms with Gasteiger partial charge in [0.05, 0.1) is 36.1 Å². The van der Waals surface area contributed by atoms with Gasteiger partial charge in [-0.3, -0.25) is 4.79 Å². The van der Waals surface area contributed by atoms with Crippen LogP contribution in [0.2, 0.25) is 5.02 Å². The first-order chi connectivity index (χ1) is 14.5. The Balaban J connectivity index is 1.48. The Labute approximate surface area is 177 Å². The number of ether oxygens (including phenoxy) is 1. The second-order valence-electron chi connectivity index (χ2n) is 6.97. The second kappa shape index (κ2) is 8.76. The first kappa shape index (κ1) is 20.2. The molecule has 8 heteroatoms. The maximum atomic E-state index is 14.2. The molecule has 0 amide bonds. The fourth-order valence-electron chi connectivity index (χ4n) is 3.36. The van der Waals surface area contributed by atoms with E-state index in [1.807, 2.05) is 18.2 Å². The van der Waals surface area contributed by atoms with E-state index in [2.05, 4.69) is 10.4 Å². The number of morpholine rings is 1. The smallest absolute Gasteiger partial charge is 0.170 e. The molecule has 3 aromatic rings. The Morgan fingerprint density at radius 1 is 1.37 bits per heavy atom. The number of ketones is 1. The van der Waals surface area contributed by atoms with Gasteiger partial charge in [-0.05, 0) is 29.8 Å². The maximum absolute atomic E-state index is 14.2. The summed E-state index contributed by atoms with van der Waals surface area (Å²) in [6.45, 7) is 2.15. The number of nitrogens with zero attached hydrogens (tertiary/aromatic N) is 3. The molecule has 0 saturated carbocycles. The van der Waals surface area contributed by atoms with Gasteiger partial charge in [0.2, 0.25) is 0 Å². The van der Waals surface area contributed by atoms with Gasteiger partial charge in [0, 0.05) is 36.3 Å². The summed E-state index contributed by atoms with van der Waals surface area (Å²) in [5, 5.41) is 16.8. The molecular formula is C22H18ClFN4O2. The third kappa shape index (κ3) is 4.26. The number of rotatable bonds is 5. The summed E-state index contributed by atoms with van der Waals surface area (Å²) in [5.41, 5.74) is 2.41. The molecule has 1 aliphatic heterocycles. The van der Waals surface area contributed by atoms with E-state index < -0.39 is 5.82 Å². The molecule has 0 radical (unpaired) electrons. The van der Waals surface area contributed by atoms with E-state index in [9.17, 15) is 9.18 Å². The lowest BCUT2D eigenvalue weighted by Gasteiger charge is -2.24. The summed E-state index contributed by atoms with van der Waals surface area (Å²) in [5.74, 6) is -0.743. The van der Waals surface area contributed by atoms with Crippen molar-refractivity contribution < 1.29 is 13.9 Å². The third-order valence-corrected chi connectivity index (χ3v) is 5.26. The van der Waals surface area contributed by atoms with Gasteiger partial charge in [-0.1, -0.05) is 23.7 Å². The van der Waals surface area contributed by atoms with Crippen LogP contribution >= 0.6 is 11.6 Å². The predicted molar refractivity (Wildman–Crippen MR) is 109 cm³/mol. The van der Waals surface area contributed by atoms with Crippen molar-refractivity contribution in [2.45, 2.75) is 12.5 Å². The van der Waals surface area contributed by atoms with Crippen LogP contribution in [0.15, 0.2) is 48.8 Å². The van der Waals surface area contributed by atoms with E-state index in [1.165, 1.54) is 29.2 Å². The predicted octanol–water partition coefficient (Wildman–Crippen LogP) is 3.62. The van der Waals surface area contributed by atoms with Crippen LogP contribution in [0.5, 0.6) is 0 Å². The Morgan fingerprint density at radius 2 is 2.23 bits per heavy atom. The number of aromatic nitrogens is 2. The quantitative estimate of drug-likeness (QED) is 0.633. The van der Waals surface area contributed by atoms with Gasteiger partial charge in [-0.25, -0.2) is 9.07 Å². The highest BCUT2D eigenvalue weighted by Crippen LogP contribution is 2.28. The van der Waals surface area contributed by atoms with E-state index in [0.717, 1.165) is 23.7 Å². The molecular weight excluding hydrogens is 407 g/mol. The zero-order valence-corrected chi connectivity index (χ0v) is 16.7. The average Bonchev–Trinajstić information content (AvgIpc) is 3.24. The Bertz CT molecular complexity index is 1130. The molecule has 1 aromatic heterocycles. The van der Waals surface area contributed by atoms with Gasteiger partial charge in [0.25, 0.3) is 0 Å². The molecule has 4 rings (SSSR count). The summed E-state index contributed by atoms with van der Waals surface area (Å²) >= 11 is 6.42. The van der Waals surface area contributed by atoms with Crippen molar-refractivity contribution in [1.82, 2.24) is 15.1 Å². The highest BCUT2D eigenvalue weighted by molar-refractivity contribution is 6.31. The van der Waals surface area contributed by atoms with Crippen LogP contribution < -0.4 is 5.32 Å². The van der Waals surface area contributed by atoms with E-state index >= 15 is 0 Å². The summed E-state index contributed by atoms with van der Waals surface area (Å²) in [6, 6.07) is 11.5. The second-order valence-corrected chi connectivity index (χ2v) is 7.38. The van der Waals surface area contributed by atoms with Crippen LogP contribution in [0.4, 0.5) is 4.39 Å². The molecule has 1 atom stereocenters. The topological polar surface area (TPSA) is 79.9 Å². The molecule has 6 nitrogen and oxygen atoms in total. The number of nitrogens with one attached hydrogen (secondary N) is 1. The molecule has 0 aliphatic carbocycles. The van der Waals surface area contributed by atoms with E-state index in [0.29, 0.717) is 23.7 Å². The third-order valence-electron chi connectivity index (χ3n) is 4.93. The number of hydrogen-bond donors (Lipinski definition) is 1. The van der Waals surface area contributed by atoms with Crippen molar-refractivity contribution in [2.75, 3.05) is 19.7 Å². The van der Waals surface area contributed by atoms with Crippen LogP contribution in [-0.4, -0.2) is 35.3 Å². The van der Waals surface area contributed by atoms with Gasteiger partial charge in [0.1, 0.15) is 11.5 Å². The molecule has 152 valence electrons. The number of carbonyl (C=O) groups is 1. The molecule has 1 fully saturated rings. The molecule has 1 saturated heterocycles. The molecule has 1 N–H and O–H groups in total. The van der Waals surface area contributed by atoms with Crippen LogP contribution in [0, 0.1) is 17.1 Å². The number of hydrogen-bond acceptors (Lipinski definition) is 5. The lowest BCUT2D eigenvalue weighted by Crippen LogP contribution is -2.33. The summed E-state index contributed by atoms with van der Waals surface area (Å²) in [7, 11) is 0. The zero-order valence-electron chi connectivity index (χ0n) is 15.9. The average molecular weight is 425 g/mol. The van der Waals surface area contributed by atoms with E-state index in [1.54, 1.807) is 6.07 Å². The molecule has 0 bridgehead atoms. The monoisotopic (exact) mass is 424 g/mol. The van der Waals surface area contributed by atoms with Crippen LogP contribution in [-0.2, 0) is 11.2 Å². The number of nitriles is 1. The number of halogens is 2. The summed E-state index contributed by atoms with van der Waals surface area (Å²) in [6.07, 6.45) is 2.92. The molecule has 0 spiro atoms. The van der Waals surface area contributed by atoms with Crippen molar-refractivity contribution in [3.63, 3.8) is 0 Å². The van der Waals surface area contributed by atoms with Gasteiger partial charge >= 0.3 is 0 Å². The minimum absolute atomic E-state index is 0.100. The normalized spacial score (nSPS) is 16.2. The lowest BCUT2D eigenvalue weighted by atomic mass is 10.0. The Kier molecular flexibility index (Phi) is 5.91. The number of benzene rings is 2. The van der Waals surface area contributed by atoms with E-state index in [-0.39, 0.29) is 29.6 Å². The fraction of sp³-hybridized carbons (Fsp3) is 0.227. The number of Topliss-reactive ketones (excluding diaryl/α,β-unsaturated/α-hetero) is 1. The summed E-state index contributed by atoms with van der Waals surface area (Å²) < 4.78 is 21.2. The van der Waals surface area contributed by atoms with Crippen molar-refractivity contribution in [3.05, 3.63) is 81.9 Å². The fourth-order valence-corrected chi connectivity index (χ4v) is 3.68. The van der Waals surface area contributed by atoms with Gasteiger partial charge < -0.3 is 10.1 Å². The first-order valence-corrected chi connectivity index (χ1v) is 9.81. The van der Waals surface area contributed by atoms with Gasteiger partial charge in [-0.2, -0.15) is 10.4 Å². The minimum atomic E-state index is -0.585. The van der Waals surface area contributed by atoms with E-state index in [4.69, 9.17) is 21.6 Å². The SMILES string of the molecule is N#Cc1ccc(-n2cc(C(=O)Cc3ccc([C@H]4CNCCO4)c(Cl)c3)cn2)c(F)c1. The maximum Gasteiger partial charge on any atom is 0.170 e. The minimum Gasteiger partial charge on any atom is -0.371 e. The molecule has 1 aliphatic rings. The van der Waals surface area contributed by atoms with Crippen molar-refractivity contribution in [1.29, 1.82) is 5.26 Å². The highest BCUT2D eigenvalue weighted by atomic mass is 35.5. The van der Waals surface area contributed by atoms with Crippen LogP contribution in [0.25, 0.3) is 5.69 Å². The molecule has 2 aromatic carbocycles. The zero-order chi connectivity index (χ0) is 21.1. The lowest BCUT2D eigenvalue weighted by molar-refractivity contribution is 0.0277. The Hall–Kier alpha value is -3.05. The van der Waals surface area contributed by atoms with Crippen LogP contribution in [0.3, 0.4) is 0 Å². The van der Waals surface area contributed by atoms with Crippen LogP contribution in [0.1, 0.15) is 33.2 Å².